The van der Waals surface area contributed by atoms with Crippen LogP contribution in [0.2, 0.25) is 0 Å². The van der Waals surface area contributed by atoms with Crippen LogP contribution in [-0.2, 0) is 28.6 Å². The molecule has 0 aliphatic rings. The smallest absolute Gasteiger partial charge is 0.306 e. The molecule has 0 saturated heterocycles. The van der Waals surface area contributed by atoms with Crippen LogP contribution in [0, 0.1) is 0 Å². The molecule has 0 saturated carbocycles. The monoisotopic (exact) mass is 1120 g/mol. The van der Waals surface area contributed by atoms with E-state index in [1.165, 1.54) is 250 Å². The Morgan fingerprint density at radius 2 is 0.487 bits per heavy atom. The van der Waals surface area contributed by atoms with Gasteiger partial charge in [-0.15, -0.1) is 0 Å². The fraction of sp³-hybridized carbons (Fsp3) is 0.851. The summed E-state index contributed by atoms with van der Waals surface area (Å²) in [7, 11) is 0. The first-order chi connectivity index (χ1) is 39.5. The molecule has 0 aromatic carbocycles. The largest absolute Gasteiger partial charge is 0.462 e. The molecule has 0 N–H and O–H groups in total. The zero-order valence-electron chi connectivity index (χ0n) is 53.9. The van der Waals surface area contributed by atoms with E-state index < -0.39 is 6.10 Å². The van der Waals surface area contributed by atoms with Gasteiger partial charge in [0.05, 0.1) is 0 Å². The van der Waals surface area contributed by atoms with Crippen LogP contribution in [-0.4, -0.2) is 37.2 Å². The van der Waals surface area contributed by atoms with Crippen molar-refractivity contribution in [1.82, 2.24) is 0 Å². The van der Waals surface area contributed by atoms with Crippen molar-refractivity contribution in [3.8, 4) is 0 Å². The standard InChI is InChI=1S/C74H136O6/c1-4-7-10-13-16-19-22-25-28-30-31-32-33-34-35-36-37-38-39-40-41-42-43-45-46-49-52-55-58-61-64-67-73(76)79-70-71(69-78-72(75)66-63-60-57-54-51-48-27-24-21-18-15-12-9-6-3)80-74(77)68-65-62-59-56-53-50-47-44-29-26-23-20-17-14-11-8-5-2/h8,11,17,20,26,29,47,50,71H,4-7,9-10,12-16,18-19,21-25,27-28,30-46,48-49,51-70H2,1-3H3/b11-8-,20-17-,29-26-,50-47-. The van der Waals surface area contributed by atoms with Crippen LogP contribution >= 0.6 is 0 Å². The Bertz CT molecular complexity index is 1380. The third kappa shape index (κ3) is 66.2. The fourth-order valence-corrected chi connectivity index (χ4v) is 10.8. The second-order valence-electron chi connectivity index (χ2n) is 24.1. The van der Waals surface area contributed by atoms with Crippen molar-refractivity contribution in [1.29, 1.82) is 0 Å². The molecule has 6 heteroatoms. The van der Waals surface area contributed by atoms with Gasteiger partial charge in [0.2, 0.25) is 0 Å². The lowest BCUT2D eigenvalue weighted by atomic mass is 10.0. The quantitative estimate of drug-likeness (QED) is 0.0261. The molecule has 0 spiro atoms. The zero-order chi connectivity index (χ0) is 57.8. The molecule has 1 atom stereocenters. The number of ether oxygens (including phenoxy) is 3. The van der Waals surface area contributed by atoms with E-state index >= 15 is 0 Å². The molecule has 0 aliphatic carbocycles. The van der Waals surface area contributed by atoms with Crippen molar-refractivity contribution in [2.45, 2.75) is 393 Å². The molecule has 0 radical (unpaired) electrons. The maximum Gasteiger partial charge on any atom is 0.306 e. The SMILES string of the molecule is CC/C=C\C/C=C\C/C=C\C/C=C\CCCCCCC(=O)OC(COC(=O)CCCCCCCCCCCCCCCC)COC(=O)CCCCCCCCCCCCCCCCCCCCCCCCCCCCCCCCC. The van der Waals surface area contributed by atoms with E-state index in [-0.39, 0.29) is 31.1 Å². The Balaban J connectivity index is 4.16. The van der Waals surface area contributed by atoms with Gasteiger partial charge in [-0.05, 0) is 57.8 Å². The van der Waals surface area contributed by atoms with Crippen molar-refractivity contribution < 1.29 is 28.6 Å². The number of carbonyl (C=O) groups excluding carboxylic acids is 3. The van der Waals surface area contributed by atoms with Crippen molar-refractivity contribution in [2.75, 3.05) is 13.2 Å². The molecule has 0 aromatic rings. The van der Waals surface area contributed by atoms with Crippen molar-refractivity contribution >= 4 is 17.9 Å². The number of carbonyl (C=O) groups is 3. The summed E-state index contributed by atoms with van der Waals surface area (Å²) in [5.41, 5.74) is 0. The van der Waals surface area contributed by atoms with Crippen molar-refractivity contribution in [3.63, 3.8) is 0 Å². The van der Waals surface area contributed by atoms with E-state index in [4.69, 9.17) is 14.2 Å². The van der Waals surface area contributed by atoms with Crippen LogP contribution in [0.5, 0.6) is 0 Å². The van der Waals surface area contributed by atoms with Crippen molar-refractivity contribution in [2.24, 2.45) is 0 Å². The van der Waals surface area contributed by atoms with Crippen molar-refractivity contribution in [3.05, 3.63) is 48.6 Å². The summed E-state index contributed by atoms with van der Waals surface area (Å²) in [6.45, 7) is 6.57. The Kier molecular flexibility index (Phi) is 66.6. The Hall–Kier alpha value is -2.63. The van der Waals surface area contributed by atoms with Gasteiger partial charge in [0.15, 0.2) is 6.10 Å². The molecule has 0 aromatic heterocycles. The lowest BCUT2D eigenvalue weighted by Gasteiger charge is -2.18. The minimum absolute atomic E-state index is 0.0782. The zero-order valence-corrected chi connectivity index (χ0v) is 53.9. The minimum Gasteiger partial charge on any atom is -0.462 e. The molecule has 0 bridgehead atoms. The summed E-state index contributed by atoms with van der Waals surface area (Å²) in [4.78, 5) is 38.4. The molecule has 0 rings (SSSR count). The van der Waals surface area contributed by atoms with Gasteiger partial charge >= 0.3 is 17.9 Å². The van der Waals surface area contributed by atoms with Gasteiger partial charge in [-0.1, -0.05) is 358 Å². The van der Waals surface area contributed by atoms with Gasteiger partial charge in [0.1, 0.15) is 13.2 Å². The second-order valence-corrected chi connectivity index (χ2v) is 24.1. The molecule has 468 valence electrons. The topological polar surface area (TPSA) is 78.9 Å². The molecule has 0 heterocycles. The molecule has 1 unspecified atom stereocenters. The summed E-state index contributed by atoms with van der Waals surface area (Å²) in [5.74, 6) is -0.876. The molecule has 80 heavy (non-hydrogen) atoms. The number of unbranched alkanes of at least 4 members (excludes halogenated alkanes) is 47. The maximum atomic E-state index is 12.9. The average molecular weight is 1120 g/mol. The van der Waals surface area contributed by atoms with E-state index in [1.807, 2.05) is 0 Å². The second kappa shape index (κ2) is 68.9. The number of rotatable bonds is 66. The molecular weight excluding hydrogens is 985 g/mol. The third-order valence-corrected chi connectivity index (χ3v) is 16.1. The normalized spacial score (nSPS) is 12.3. The van der Waals surface area contributed by atoms with Crippen LogP contribution in [0.4, 0.5) is 0 Å². The highest BCUT2D eigenvalue weighted by Gasteiger charge is 2.19. The summed E-state index contributed by atoms with van der Waals surface area (Å²) < 4.78 is 17.0. The lowest BCUT2D eigenvalue weighted by molar-refractivity contribution is -0.167. The van der Waals surface area contributed by atoms with E-state index in [0.717, 1.165) is 96.3 Å². The summed E-state index contributed by atoms with van der Waals surface area (Å²) >= 11 is 0. The Morgan fingerprint density at radius 1 is 0.263 bits per heavy atom. The first kappa shape index (κ1) is 77.4. The number of esters is 3. The molecular formula is C74H136O6. The maximum absolute atomic E-state index is 12.9. The predicted octanol–water partition coefficient (Wildman–Crippen LogP) is 24.5. The number of hydrogen-bond donors (Lipinski definition) is 0. The van der Waals surface area contributed by atoms with Gasteiger partial charge < -0.3 is 14.2 Å². The van der Waals surface area contributed by atoms with Crippen LogP contribution in [0.1, 0.15) is 387 Å². The van der Waals surface area contributed by atoms with E-state index in [0.29, 0.717) is 19.3 Å². The fourth-order valence-electron chi connectivity index (χ4n) is 10.8. The molecule has 0 amide bonds. The Labute approximate surface area is 498 Å². The molecule has 0 aliphatic heterocycles. The van der Waals surface area contributed by atoms with Gasteiger partial charge in [0, 0.05) is 19.3 Å². The minimum atomic E-state index is -0.784. The summed E-state index contributed by atoms with van der Waals surface area (Å²) in [5, 5.41) is 0. The first-order valence-electron chi connectivity index (χ1n) is 35.6. The Morgan fingerprint density at radius 3 is 0.762 bits per heavy atom. The number of hydrogen-bond acceptors (Lipinski definition) is 6. The molecule has 6 nitrogen and oxygen atoms in total. The third-order valence-electron chi connectivity index (χ3n) is 16.1. The number of allylic oxidation sites excluding steroid dienone is 8. The van der Waals surface area contributed by atoms with Gasteiger partial charge in [-0.2, -0.15) is 0 Å². The predicted molar refractivity (Wildman–Crippen MR) is 349 cm³/mol. The van der Waals surface area contributed by atoms with Gasteiger partial charge in [0.25, 0.3) is 0 Å². The van der Waals surface area contributed by atoms with Crippen LogP contribution < -0.4 is 0 Å². The van der Waals surface area contributed by atoms with E-state index in [9.17, 15) is 14.4 Å². The average Bonchev–Trinajstić information content (AvgIpc) is 3.46. The first-order valence-corrected chi connectivity index (χ1v) is 35.6. The lowest BCUT2D eigenvalue weighted by Crippen LogP contribution is -2.30. The van der Waals surface area contributed by atoms with E-state index in [1.54, 1.807) is 0 Å². The van der Waals surface area contributed by atoms with Crippen LogP contribution in [0.25, 0.3) is 0 Å². The highest BCUT2D eigenvalue weighted by Crippen LogP contribution is 2.19. The summed E-state index contributed by atoms with van der Waals surface area (Å²) in [6.07, 6.45) is 87.3. The van der Waals surface area contributed by atoms with Gasteiger partial charge in [-0.3, -0.25) is 14.4 Å². The highest BCUT2D eigenvalue weighted by atomic mass is 16.6. The summed E-state index contributed by atoms with van der Waals surface area (Å²) in [6, 6.07) is 0. The highest BCUT2D eigenvalue weighted by molar-refractivity contribution is 5.71. The van der Waals surface area contributed by atoms with E-state index in [2.05, 4.69) is 69.4 Å². The van der Waals surface area contributed by atoms with Crippen LogP contribution in [0.15, 0.2) is 48.6 Å². The van der Waals surface area contributed by atoms with Gasteiger partial charge in [-0.25, -0.2) is 0 Å². The van der Waals surface area contributed by atoms with Crippen LogP contribution in [0.3, 0.4) is 0 Å². The molecule has 0 fully saturated rings.